The van der Waals surface area contributed by atoms with Gasteiger partial charge in [0, 0.05) is 10.0 Å². The molecule has 3 N–H and O–H groups in total. The Labute approximate surface area is 113 Å². The normalized spacial score (nSPS) is 12.1. The van der Waals surface area contributed by atoms with Crippen molar-refractivity contribution in [1.82, 2.24) is 0 Å². The monoisotopic (exact) mass is 305 g/mol. The van der Waals surface area contributed by atoms with Gasteiger partial charge in [0.2, 0.25) is 0 Å². The molecule has 3 nitrogen and oxygen atoms in total. The minimum absolute atomic E-state index is 0.320. The molecule has 0 bridgehead atoms. The number of hydrogen-bond donors (Lipinski definition) is 2. The zero-order valence-electron chi connectivity index (χ0n) is 9.51. The molecule has 4 heteroatoms. The summed E-state index contributed by atoms with van der Waals surface area (Å²) in [6.45, 7) is 0. The van der Waals surface area contributed by atoms with Crippen LogP contribution in [0.15, 0.2) is 53.0 Å². The number of benzene rings is 2. The van der Waals surface area contributed by atoms with E-state index in [0.717, 1.165) is 0 Å². The van der Waals surface area contributed by atoms with Crippen LogP contribution in [-0.2, 0) is 0 Å². The third-order valence-electron chi connectivity index (χ3n) is 2.68. The molecule has 0 amide bonds. The van der Waals surface area contributed by atoms with Gasteiger partial charge in [-0.1, -0.05) is 36.4 Å². The largest absolute Gasteiger partial charge is 0.397 e. The molecule has 1 unspecified atom stereocenters. The Hall–Kier alpha value is -1.65. The van der Waals surface area contributed by atoms with E-state index in [0.29, 0.717) is 21.3 Å². The number of halogens is 1. The van der Waals surface area contributed by atoms with Gasteiger partial charge in [0.05, 0.1) is 5.69 Å². The summed E-state index contributed by atoms with van der Waals surface area (Å²) < 4.78 is 0.647. The topological polar surface area (TPSA) is 63.3 Å². The Morgan fingerprint density at radius 2 is 1.78 bits per heavy atom. The molecule has 0 aromatic heterocycles. The molecule has 2 rings (SSSR count). The molecule has 92 valence electrons. The summed E-state index contributed by atoms with van der Waals surface area (Å²) in [5.74, 6) is -0.403. The maximum atomic E-state index is 12.2. The number of Topliss-reactive ketones (excluding diaryl/α,β-unsaturated/α-hetero) is 1. The molecule has 0 aliphatic carbocycles. The molecule has 0 aliphatic rings. The fraction of sp³-hybridized carbons (Fsp3) is 0.0714. The molecular weight excluding hydrogens is 294 g/mol. The van der Waals surface area contributed by atoms with Crippen LogP contribution in [0.2, 0.25) is 0 Å². The highest BCUT2D eigenvalue weighted by Crippen LogP contribution is 2.27. The summed E-state index contributed by atoms with van der Waals surface area (Å²) in [4.78, 5) is 12.2. The molecule has 0 saturated carbocycles. The van der Waals surface area contributed by atoms with E-state index in [1.54, 1.807) is 42.5 Å². The van der Waals surface area contributed by atoms with Crippen molar-refractivity contribution in [1.29, 1.82) is 0 Å². The molecule has 18 heavy (non-hydrogen) atoms. The number of rotatable bonds is 3. The molecule has 1 atom stereocenters. The van der Waals surface area contributed by atoms with Crippen LogP contribution < -0.4 is 5.73 Å². The molecule has 0 radical (unpaired) electrons. The average molecular weight is 306 g/mol. The zero-order chi connectivity index (χ0) is 13.1. The molecule has 0 saturated heterocycles. The maximum absolute atomic E-state index is 12.2. The van der Waals surface area contributed by atoms with Crippen LogP contribution in [0.25, 0.3) is 0 Å². The van der Waals surface area contributed by atoms with Crippen molar-refractivity contribution in [3.05, 3.63) is 64.1 Å². The SMILES string of the molecule is Nc1c(Br)cccc1C(=O)C(O)c1ccccc1. The van der Waals surface area contributed by atoms with Crippen LogP contribution in [-0.4, -0.2) is 10.9 Å². The second kappa shape index (κ2) is 5.33. The van der Waals surface area contributed by atoms with Gasteiger partial charge in [-0.2, -0.15) is 0 Å². The third kappa shape index (κ3) is 2.44. The Morgan fingerprint density at radius 1 is 1.11 bits per heavy atom. The van der Waals surface area contributed by atoms with Gasteiger partial charge in [-0.05, 0) is 33.6 Å². The number of aliphatic hydroxyl groups excluding tert-OH is 1. The lowest BCUT2D eigenvalue weighted by molar-refractivity contribution is 0.0748. The van der Waals surface area contributed by atoms with Gasteiger partial charge in [0.15, 0.2) is 5.78 Å². The number of carbonyl (C=O) groups is 1. The van der Waals surface area contributed by atoms with Gasteiger partial charge in [-0.3, -0.25) is 4.79 Å². The highest BCUT2D eigenvalue weighted by atomic mass is 79.9. The molecular formula is C14H12BrNO2. The van der Waals surface area contributed by atoms with Crippen LogP contribution >= 0.6 is 15.9 Å². The fourth-order valence-corrected chi connectivity index (χ4v) is 2.05. The van der Waals surface area contributed by atoms with E-state index in [2.05, 4.69) is 15.9 Å². The van der Waals surface area contributed by atoms with E-state index >= 15 is 0 Å². The van der Waals surface area contributed by atoms with Gasteiger partial charge in [-0.15, -0.1) is 0 Å². The molecule has 0 heterocycles. The zero-order valence-corrected chi connectivity index (χ0v) is 11.1. The van der Waals surface area contributed by atoms with Gasteiger partial charge >= 0.3 is 0 Å². The fourth-order valence-electron chi connectivity index (χ4n) is 1.69. The maximum Gasteiger partial charge on any atom is 0.197 e. The van der Waals surface area contributed by atoms with E-state index in [1.807, 2.05) is 6.07 Å². The second-order valence-corrected chi connectivity index (χ2v) is 4.73. The van der Waals surface area contributed by atoms with Crippen molar-refractivity contribution >= 4 is 27.4 Å². The van der Waals surface area contributed by atoms with E-state index in [-0.39, 0.29) is 0 Å². The number of aliphatic hydroxyl groups is 1. The number of hydrogen-bond acceptors (Lipinski definition) is 3. The van der Waals surface area contributed by atoms with Crippen molar-refractivity contribution in [3.63, 3.8) is 0 Å². The van der Waals surface area contributed by atoms with Gasteiger partial charge in [0.1, 0.15) is 6.10 Å². The lowest BCUT2D eigenvalue weighted by Gasteiger charge is -2.12. The molecule has 0 spiro atoms. The Kier molecular flexibility index (Phi) is 3.79. The second-order valence-electron chi connectivity index (χ2n) is 3.88. The van der Waals surface area contributed by atoms with Crippen molar-refractivity contribution in [2.45, 2.75) is 6.10 Å². The van der Waals surface area contributed by atoms with Gasteiger partial charge in [-0.25, -0.2) is 0 Å². The molecule has 2 aromatic rings. The van der Waals surface area contributed by atoms with Crippen molar-refractivity contribution in [2.75, 3.05) is 5.73 Å². The third-order valence-corrected chi connectivity index (χ3v) is 3.37. The first-order valence-electron chi connectivity index (χ1n) is 5.42. The van der Waals surface area contributed by atoms with Crippen molar-refractivity contribution in [2.24, 2.45) is 0 Å². The van der Waals surface area contributed by atoms with E-state index < -0.39 is 11.9 Å². The lowest BCUT2D eigenvalue weighted by atomic mass is 9.99. The minimum Gasteiger partial charge on any atom is -0.397 e. The van der Waals surface area contributed by atoms with Gasteiger partial charge in [0.25, 0.3) is 0 Å². The van der Waals surface area contributed by atoms with Crippen molar-refractivity contribution in [3.8, 4) is 0 Å². The lowest BCUT2D eigenvalue weighted by Crippen LogP contribution is -2.14. The number of ketones is 1. The van der Waals surface area contributed by atoms with Gasteiger partial charge < -0.3 is 10.8 Å². The highest BCUT2D eigenvalue weighted by Gasteiger charge is 2.21. The minimum atomic E-state index is -1.19. The summed E-state index contributed by atoms with van der Waals surface area (Å²) in [6, 6.07) is 13.9. The summed E-state index contributed by atoms with van der Waals surface area (Å²) in [7, 11) is 0. The number of anilines is 1. The Morgan fingerprint density at radius 3 is 2.44 bits per heavy atom. The summed E-state index contributed by atoms with van der Waals surface area (Å²) in [5, 5.41) is 10.0. The first-order chi connectivity index (χ1) is 8.61. The smallest absolute Gasteiger partial charge is 0.197 e. The number of nitrogen functional groups attached to an aromatic ring is 1. The number of para-hydroxylation sites is 1. The van der Waals surface area contributed by atoms with Crippen LogP contribution in [0.5, 0.6) is 0 Å². The predicted octanol–water partition coefficient (Wildman–Crippen LogP) is 2.95. The number of carbonyl (C=O) groups excluding carboxylic acids is 1. The van der Waals surface area contributed by atoms with E-state index in [1.165, 1.54) is 0 Å². The number of nitrogens with two attached hydrogens (primary N) is 1. The predicted molar refractivity (Wildman–Crippen MR) is 74.3 cm³/mol. The molecule has 2 aromatic carbocycles. The standard InChI is InChI=1S/C14H12BrNO2/c15-11-8-4-7-10(12(11)16)14(18)13(17)9-5-2-1-3-6-9/h1-8,13,17H,16H2. The summed E-state index contributed by atoms with van der Waals surface area (Å²) >= 11 is 3.26. The van der Waals surface area contributed by atoms with E-state index in [4.69, 9.17) is 5.73 Å². The first kappa shape index (κ1) is 12.8. The van der Waals surface area contributed by atoms with E-state index in [9.17, 15) is 9.90 Å². The van der Waals surface area contributed by atoms with Crippen LogP contribution in [0.4, 0.5) is 5.69 Å². The molecule has 0 fully saturated rings. The van der Waals surface area contributed by atoms with Crippen LogP contribution in [0, 0.1) is 0 Å². The summed E-state index contributed by atoms with van der Waals surface area (Å²) in [6.07, 6.45) is -1.19. The molecule has 0 aliphatic heterocycles. The highest BCUT2D eigenvalue weighted by molar-refractivity contribution is 9.10. The first-order valence-corrected chi connectivity index (χ1v) is 6.22. The Bertz CT molecular complexity index is 569. The summed E-state index contributed by atoms with van der Waals surface area (Å²) in [5.41, 5.74) is 7.04. The average Bonchev–Trinajstić information content (AvgIpc) is 2.41. The Balaban J connectivity index is 2.35. The van der Waals surface area contributed by atoms with Crippen LogP contribution in [0.3, 0.4) is 0 Å². The van der Waals surface area contributed by atoms with Crippen LogP contribution in [0.1, 0.15) is 22.0 Å². The van der Waals surface area contributed by atoms with Crippen molar-refractivity contribution < 1.29 is 9.90 Å². The quantitative estimate of drug-likeness (QED) is 0.677.